The minimum atomic E-state index is -3.58. The summed E-state index contributed by atoms with van der Waals surface area (Å²) in [6.07, 6.45) is 1.99. The van der Waals surface area contributed by atoms with Crippen molar-refractivity contribution < 1.29 is 17.9 Å². The number of anilines is 2. The van der Waals surface area contributed by atoms with Gasteiger partial charge in [-0.05, 0) is 48.6 Å². The SMILES string of the molecule is CSC(C)c1ccc2c(c1)NC(OCC(C)(C)c1ccc3c(c1)NC(=O)CS3(=O)=O)CS2. The zero-order valence-electron chi connectivity index (χ0n) is 18.6. The van der Waals surface area contributed by atoms with E-state index in [9.17, 15) is 13.2 Å². The molecule has 2 aromatic rings. The van der Waals surface area contributed by atoms with E-state index in [1.54, 1.807) is 23.9 Å². The second-order valence-electron chi connectivity index (χ2n) is 8.79. The molecule has 0 fully saturated rings. The highest BCUT2D eigenvalue weighted by Gasteiger charge is 2.31. The van der Waals surface area contributed by atoms with Gasteiger partial charge in [-0.25, -0.2) is 8.42 Å². The summed E-state index contributed by atoms with van der Waals surface area (Å²) < 4.78 is 30.8. The van der Waals surface area contributed by atoms with Crippen molar-refractivity contribution in [2.75, 3.05) is 35.0 Å². The predicted octanol–water partition coefficient (Wildman–Crippen LogP) is 4.67. The van der Waals surface area contributed by atoms with Crippen LogP contribution in [0.4, 0.5) is 11.4 Å². The number of hydrogen-bond acceptors (Lipinski definition) is 7. The molecule has 0 aliphatic carbocycles. The Morgan fingerprint density at radius 2 is 2.00 bits per heavy atom. The van der Waals surface area contributed by atoms with Crippen molar-refractivity contribution in [1.29, 1.82) is 0 Å². The average Bonchev–Trinajstić information content (AvgIpc) is 2.75. The van der Waals surface area contributed by atoms with Gasteiger partial charge in [-0.1, -0.05) is 26.0 Å². The van der Waals surface area contributed by atoms with Gasteiger partial charge in [0.1, 0.15) is 12.0 Å². The monoisotopic (exact) mass is 492 g/mol. The average molecular weight is 493 g/mol. The first-order chi connectivity index (χ1) is 15.1. The summed E-state index contributed by atoms with van der Waals surface area (Å²) in [6.45, 7) is 6.75. The Bertz CT molecular complexity index is 1150. The first kappa shape index (κ1) is 23.5. The van der Waals surface area contributed by atoms with Crippen LogP contribution >= 0.6 is 23.5 Å². The maximum Gasteiger partial charge on any atom is 0.239 e. The van der Waals surface area contributed by atoms with Gasteiger partial charge in [0.25, 0.3) is 0 Å². The molecule has 2 aliphatic heterocycles. The van der Waals surface area contributed by atoms with Gasteiger partial charge in [0.15, 0.2) is 9.84 Å². The standard InChI is InChI=1S/C23H28N2O4S3/c1-14(30-4)15-5-7-19-17(9-15)25-22(11-31-19)29-13-23(2,3)16-6-8-20-18(10-16)24-21(26)12-32(20,27)28/h5-10,14,22,25H,11-13H2,1-4H3,(H,24,26). The van der Waals surface area contributed by atoms with Crippen molar-refractivity contribution in [2.24, 2.45) is 0 Å². The van der Waals surface area contributed by atoms with Crippen LogP contribution in [-0.2, 0) is 24.8 Å². The van der Waals surface area contributed by atoms with Crippen molar-refractivity contribution in [3.63, 3.8) is 0 Å². The Kier molecular flexibility index (Phi) is 6.55. The van der Waals surface area contributed by atoms with E-state index in [0.29, 0.717) is 17.5 Å². The number of nitrogens with one attached hydrogen (secondary N) is 2. The summed E-state index contributed by atoms with van der Waals surface area (Å²) in [5, 5.41) is 6.64. The molecule has 32 heavy (non-hydrogen) atoms. The molecule has 2 aliphatic rings. The van der Waals surface area contributed by atoms with Crippen LogP contribution in [-0.4, -0.2) is 44.9 Å². The molecular formula is C23H28N2O4S3. The number of thioether (sulfide) groups is 2. The smallest absolute Gasteiger partial charge is 0.239 e. The molecule has 9 heteroatoms. The fourth-order valence-corrected chi connectivity index (χ4v) is 6.45. The van der Waals surface area contributed by atoms with Crippen LogP contribution in [0, 0.1) is 0 Å². The number of sulfone groups is 1. The molecule has 0 aromatic heterocycles. The zero-order chi connectivity index (χ0) is 23.1. The van der Waals surface area contributed by atoms with E-state index >= 15 is 0 Å². The maximum atomic E-state index is 12.3. The highest BCUT2D eigenvalue weighted by atomic mass is 32.2. The van der Waals surface area contributed by atoms with E-state index in [4.69, 9.17) is 4.74 Å². The topological polar surface area (TPSA) is 84.5 Å². The van der Waals surface area contributed by atoms with Crippen LogP contribution in [0.1, 0.15) is 37.1 Å². The molecule has 2 aromatic carbocycles. The van der Waals surface area contributed by atoms with Crippen LogP contribution in [0.2, 0.25) is 0 Å². The molecule has 0 bridgehead atoms. The van der Waals surface area contributed by atoms with Crippen molar-refractivity contribution >= 4 is 50.6 Å². The molecule has 1 amide bonds. The molecule has 6 nitrogen and oxygen atoms in total. The normalized spacial score (nSPS) is 20.5. The van der Waals surface area contributed by atoms with Gasteiger partial charge in [0, 0.05) is 21.3 Å². The lowest BCUT2D eigenvalue weighted by Gasteiger charge is -2.32. The first-order valence-electron chi connectivity index (χ1n) is 10.4. The van der Waals surface area contributed by atoms with E-state index in [2.05, 4.69) is 55.9 Å². The zero-order valence-corrected chi connectivity index (χ0v) is 21.0. The van der Waals surface area contributed by atoms with Crippen LogP contribution in [0.5, 0.6) is 0 Å². The van der Waals surface area contributed by atoms with Gasteiger partial charge >= 0.3 is 0 Å². The van der Waals surface area contributed by atoms with Gasteiger partial charge in [-0.3, -0.25) is 4.79 Å². The Hall–Kier alpha value is -1.68. The molecule has 2 unspecified atom stereocenters. The van der Waals surface area contributed by atoms with Crippen molar-refractivity contribution in [2.45, 2.75) is 47.5 Å². The Labute approximate surface area is 198 Å². The summed E-state index contributed by atoms with van der Waals surface area (Å²) >= 11 is 3.60. The van der Waals surface area contributed by atoms with Crippen molar-refractivity contribution in [1.82, 2.24) is 0 Å². The van der Waals surface area contributed by atoms with E-state index in [1.807, 2.05) is 17.8 Å². The van der Waals surface area contributed by atoms with Crippen molar-refractivity contribution in [3.8, 4) is 0 Å². The molecule has 4 rings (SSSR count). The number of fused-ring (bicyclic) bond motifs is 2. The minimum Gasteiger partial charge on any atom is -0.359 e. The summed E-state index contributed by atoms with van der Waals surface area (Å²) in [7, 11) is -3.58. The molecule has 0 saturated carbocycles. The van der Waals surface area contributed by atoms with E-state index in [-0.39, 0.29) is 16.5 Å². The lowest BCUT2D eigenvalue weighted by molar-refractivity contribution is -0.114. The quantitative estimate of drug-likeness (QED) is 0.606. The third-order valence-corrected chi connectivity index (χ3v) is 9.65. The van der Waals surface area contributed by atoms with Gasteiger partial charge < -0.3 is 15.4 Å². The number of hydrogen-bond donors (Lipinski definition) is 2. The maximum absolute atomic E-state index is 12.3. The number of rotatable bonds is 6. The number of amides is 1. The largest absolute Gasteiger partial charge is 0.359 e. The molecule has 2 atom stereocenters. The van der Waals surface area contributed by atoms with Crippen LogP contribution in [0.15, 0.2) is 46.2 Å². The summed E-state index contributed by atoms with van der Waals surface area (Å²) in [5.74, 6) is -0.199. The van der Waals surface area contributed by atoms with Gasteiger partial charge in [0.05, 0.1) is 22.9 Å². The third kappa shape index (κ3) is 4.81. The second kappa shape index (κ2) is 8.93. The van der Waals surface area contributed by atoms with Crippen LogP contribution in [0.3, 0.4) is 0 Å². The molecule has 172 valence electrons. The van der Waals surface area contributed by atoms with Gasteiger partial charge in [-0.15, -0.1) is 11.8 Å². The molecule has 0 spiro atoms. The lowest BCUT2D eigenvalue weighted by Crippen LogP contribution is -2.35. The van der Waals surface area contributed by atoms with Gasteiger partial charge in [-0.2, -0.15) is 11.8 Å². The molecular weight excluding hydrogens is 464 g/mol. The number of carbonyl (C=O) groups is 1. The third-order valence-electron chi connectivity index (χ3n) is 5.87. The molecule has 2 N–H and O–H groups in total. The van der Waals surface area contributed by atoms with Crippen LogP contribution in [0.25, 0.3) is 0 Å². The summed E-state index contributed by atoms with van der Waals surface area (Å²) in [5.41, 5.74) is 3.28. The molecule has 2 heterocycles. The minimum absolute atomic E-state index is 0.121. The van der Waals surface area contributed by atoms with Crippen LogP contribution < -0.4 is 10.6 Å². The van der Waals surface area contributed by atoms with E-state index in [1.165, 1.54) is 10.5 Å². The van der Waals surface area contributed by atoms with E-state index in [0.717, 1.165) is 17.0 Å². The van der Waals surface area contributed by atoms with Gasteiger partial charge in [0.2, 0.25) is 5.91 Å². The van der Waals surface area contributed by atoms with E-state index < -0.39 is 21.5 Å². The Morgan fingerprint density at radius 1 is 1.22 bits per heavy atom. The molecule has 0 saturated heterocycles. The number of carbonyl (C=O) groups excluding carboxylic acids is 1. The Balaban J connectivity index is 1.46. The van der Waals surface area contributed by atoms with Crippen molar-refractivity contribution in [3.05, 3.63) is 47.5 Å². The summed E-state index contributed by atoms with van der Waals surface area (Å²) in [6, 6.07) is 11.7. The summed E-state index contributed by atoms with van der Waals surface area (Å²) in [4.78, 5) is 13.2. The Morgan fingerprint density at radius 3 is 2.75 bits per heavy atom. The first-order valence-corrected chi connectivity index (χ1v) is 14.4. The second-order valence-corrected chi connectivity index (χ2v) is 13.0. The lowest BCUT2D eigenvalue weighted by atomic mass is 9.85. The highest BCUT2D eigenvalue weighted by Crippen LogP contribution is 2.38. The fraction of sp³-hybridized carbons (Fsp3) is 0.435. The number of ether oxygens (including phenoxy) is 1. The predicted molar refractivity (Wildman–Crippen MR) is 133 cm³/mol. The molecule has 0 radical (unpaired) electrons. The number of benzene rings is 2. The highest BCUT2D eigenvalue weighted by molar-refractivity contribution is 7.99. The fourth-order valence-electron chi connectivity index (χ4n) is 3.79.